The number of hydrogen-bond acceptors (Lipinski definition) is 1. The number of benzene rings is 10. The average Bonchev–Trinajstić information content (AvgIpc) is 3.21. The third-order valence-corrected chi connectivity index (χ3v) is 11.2. The summed E-state index contributed by atoms with van der Waals surface area (Å²) < 4.78 is 0. The van der Waals surface area contributed by atoms with Crippen LogP contribution >= 0.6 is 0 Å². The van der Waals surface area contributed by atoms with E-state index >= 15 is 0 Å². The number of hydrogen-bond donors (Lipinski definition) is 0. The van der Waals surface area contributed by atoms with Gasteiger partial charge in [0, 0.05) is 34.1 Å². The molecule has 0 bridgehead atoms. The summed E-state index contributed by atoms with van der Waals surface area (Å²) in [7, 11) is 0. The van der Waals surface area contributed by atoms with Crippen LogP contribution in [0.15, 0.2) is 188 Å². The highest BCUT2D eigenvalue weighted by Crippen LogP contribution is 2.47. The Morgan fingerprint density at radius 1 is 0.308 bits per heavy atom. The second kappa shape index (κ2) is 11.4. The van der Waals surface area contributed by atoms with Gasteiger partial charge in [-0.3, -0.25) is 0 Å². The zero-order valence-corrected chi connectivity index (χ0v) is 28.6. The maximum atomic E-state index is 2.57. The molecule has 0 fully saturated rings. The minimum atomic E-state index is 0.710. The fourth-order valence-electron chi connectivity index (χ4n) is 8.98. The SMILES string of the molecule is c1ccc(-c2ccccc2CN(c2cccc3ccccc23)c2cc3cccc4c5cccc6ccc7cccc(c8cccc2c8c34)c7c65)cc1. The first-order valence-electron chi connectivity index (χ1n) is 18.1. The highest BCUT2D eigenvalue weighted by atomic mass is 15.1. The summed E-state index contributed by atoms with van der Waals surface area (Å²) in [4.78, 5) is 2.57. The van der Waals surface area contributed by atoms with Crippen LogP contribution in [0.3, 0.4) is 0 Å². The summed E-state index contributed by atoms with van der Waals surface area (Å²) in [6.45, 7) is 0.710. The standard InChI is InChI=1S/C51H33N/c1-2-13-33(14-3-1)39-21-6-5-16-38(39)32-52(46-28-11-17-34-15-4-7-22-40(34)46)47-31-37-20-10-25-42-41-23-8-18-35-29-30-36-19-9-24-43(49(36)48(35)41)44-26-12-27-45(47)51(44)50(37)42/h1-31H,32H2. The molecule has 0 amide bonds. The van der Waals surface area contributed by atoms with Crippen molar-refractivity contribution in [1.29, 1.82) is 0 Å². The second-order valence-electron chi connectivity index (χ2n) is 14.0. The lowest BCUT2D eigenvalue weighted by molar-refractivity contribution is 0.989. The third kappa shape index (κ3) is 4.30. The highest BCUT2D eigenvalue weighted by molar-refractivity contribution is 6.38. The van der Waals surface area contributed by atoms with Crippen LogP contribution < -0.4 is 4.90 Å². The molecule has 0 spiro atoms. The molecule has 0 saturated carbocycles. The van der Waals surface area contributed by atoms with Crippen molar-refractivity contribution >= 4 is 86.8 Å². The average molecular weight is 660 g/mol. The Morgan fingerprint density at radius 3 is 1.56 bits per heavy atom. The normalized spacial score (nSPS) is 11.9. The van der Waals surface area contributed by atoms with E-state index in [1.165, 1.54) is 103 Å². The van der Waals surface area contributed by atoms with Gasteiger partial charge in [-0.25, -0.2) is 0 Å². The van der Waals surface area contributed by atoms with E-state index in [1.807, 2.05) is 0 Å². The van der Waals surface area contributed by atoms with Crippen LogP contribution in [0.2, 0.25) is 0 Å². The first-order valence-corrected chi connectivity index (χ1v) is 18.1. The lowest BCUT2D eigenvalue weighted by Crippen LogP contribution is -2.18. The van der Waals surface area contributed by atoms with Crippen LogP contribution in [0, 0.1) is 0 Å². The van der Waals surface area contributed by atoms with E-state index in [2.05, 4.69) is 193 Å². The zero-order valence-electron chi connectivity index (χ0n) is 28.6. The Morgan fingerprint density at radius 2 is 0.808 bits per heavy atom. The molecule has 0 saturated heterocycles. The fourth-order valence-corrected chi connectivity index (χ4v) is 8.98. The van der Waals surface area contributed by atoms with E-state index in [4.69, 9.17) is 0 Å². The van der Waals surface area contributed by atoms with Gasteiger partial charge in [-0.05, 0) is 88.1 Å². The smallest absolute Gasteiger partial charge is 0.0500 e. The molecule has 1 nitrogen and oxygen atoms in total. The Bertz CT molecular complexity index is 3150. The molecule has 11 aromatic rings. The topological polar surface area (TPSA) is 3.24 Å². The molecule has 0 heterocycles. The summed E-state index contributed by atoms with van der Waals surface area (Å²) in [5.41, 5.74) is 6.18. The number of nitrogens with zero attached hydrogens (tertiary/aromatic N) is 1. The van der Waals surface area contributed by atoms with Crippen molar-refractivity contribution in [1.82, 2.24) is 0 Å². The largest absolute Gasteiger partial charge is 0.336 e. The van der Waals surface area contributed by atoms with Gasteiger partial charge in [-0.1, -0.05) is 176 Å². The highest BCUT2D eigenvalue weighted by Gasteiger charge is 2.22. The summed E-state index contributed by atoms with van der Waals surface area (Å²) in [5, 5.41) is 18.0. The van der Waals surface area contributed by atoms with Gasteiger partial charge in [0.15, 0.2) is 0 Å². The second-order valence-corrected chi connectivity index (χ2v) is 14.0. The molecule has 0 unspecified atom stereocenters. The van der Waals surface area contributed by atoms with Gasteiger partial charge >= 0.3 is 0 Å². The predicted octanol–water partition coefficient (Wildman–Crippen LogP) is 14.2. The molecule has 11 rings (SSSR count). The van der Waals surface area contributed by atoms with Crippen molar-refractivity contribution in [3.63, 3.8) is 0 Å². The van der Waals surface area contributed by atoms with E-state index in [-0.39, 0.29) is 0 Å². The van der Waals surface area contributed by atoms with Crippen molar-refractivity contribution in [2.24, 2.45) is 0 Å². The van der Waals surface area contributed by atoms with Crippen molar-refractivity contribution in [2.75, 3.05) is 4.90 Å². The minimum absolute atomic E-state index is 0.710. The number of anilines is 2. The van der Waals surface area contributed by atoms with Gasteiger partial charge in [-0.15, -0.1) is 0 Å². The maximum absolute atomic E-state index is 2.57. The van der Waals surface area contributed by atoms with E-state index < -0.39 is 0 Å². The number of fused-ring (bicyclic) bond motifs is 3. The Labute approximate surface area is 301 Å². The molecule has 52 heavy (non-hydrogen) atoms. The van der Waals surface area contributed by atoms with Crippen molar-refractivity contribution in [3.8, 4) is 11.1 Å². The summed E-state index contributed by atoms with van der Waals surface area (Å²) in [6, 6.07) is 69.7. The van der Waals surface area contributed by atoms with Crippen LogP contribution in [0.1, 0.15) is 5.56 Å². The van der Waals surface area contributed by atoms with Gasteiger partial charge in [0.25, 0.3) is 0 Å². The van der Waals surface area contributed by atoms with Crippen LogP contribution in [-0.4, -0.2) is 0 Å². The van der Waals surface area contributed by atoms with Gasteiger partial charge in [0.1, 0.15) is 0 Å². The molecule has 0 radical (unpaired) electrons. The van der Waals surface area contributed by atoms with Crippen molar-refractivity contribution in [3.05, 3.63) is 194 Å². The Hall–Kier alpha value is -6.70. The molecule has 0 aliphatic heterocycles. The molecular formula is C51H33N. The molecule has 1 heteroatoms. The fraction of sp³-hybridized carbons (Fsp3) is 0.0196. The van der Waals surface area contributed by atoms with Crippen LogP contribution in [0.5, 0.6) is 0 Å². The molecule has 11 aromatic carbocycles. The first kappa shape index (κ1) is 29.1. The third-order valence-electron chi connectivity index (χ3n) is 11.2. The minimum Gasteiger partial charge on any atom is -0.336 e. The first-order chi connectivity index (χ1) is 25.8. The molecule has 242 valence electrons. The summed E-state index contributed by atoms with van der Waals surface area (Å²) in [6.07, 6.45) is 0. The molecular weight excluding hydrogens is 627 g/mol. The molecule has 0 aliphatic carbocycles. The monoisotopic (exact) mass is 659 g/mol. The summed E-state index contributed by atoms with van der Waals surface area (Å²) in [5.74, 6) is 0. The lowest BCUT2D eigenvalue weighted by atomic mass is 9.87. The van der Waals surface area contributed by atoms with E-state index in [0.717, 1.165) is 0 Å². The number of rotatable bonds is 5. The van der Waals surface area contributed by atoms with Gasteiger partial charge in [0.2, 0.25) is 0 Å². The van der Waals surface area contributed by atoms with E-state index in [1.54, 1.807) is 0 Å². The van der Waals surface area contributed by atoms with Crippen molar-refractivity contribution in [2.45, 2.75) is 6.54 Å². The van der Waals surface area contributed by atoms with Crippen LogP contribution in [-0.2, 0) is 6.54 Å². The lowest BCUT2D eigenvalue weighted by Gasteiger charge is -2.30. The maximum Gasteiger partial charge on any atom is 0.0500 e. The van der Waals surface area contributed by atoms with E-state index in [0.29, 0.717) is 6.54 Å². The molecule has 0 aliphatic rings. The van der Waals surface area contributed by atoms with Crippen LogP contribution in [0.4, 0.5) is 11.4 Å². The molecule has 0 aromatic heterocycles. The van der Waals surface area contributed by atoms with Gasteiger partial charge in [0.05, 0.1) is 0 Å². The van der Waals surface area contributed by atoms with Crippen LogP contribution in [0.25, 0.3) is 86.5 Å². The quantitative estimate of drug-likeness (QED) is 0.166. The molecule has 0 N–H and O–H groups in total. The Kier molecular flexibility index (Phi) is 6.38. The molecule has 0 atom stereocenters. The van der Waals surface area contributed by atoms with Crippen molar-refractivity contribution < 1.29 is 0 Å². The van der Waals surface area contributed by atoms with Gasteiger partial charge in [-0.2, -0.15) is 0 Å². The summed E-state index contributed by atoms with van der Waals surface area (Å²) >= 11 is 0. The zero-order chi connectivity index (χ0) is 34.2. The predicted molar refractivity (Wildman–Crippen MR) is 224 cm³/mol. The van der Waals surface area contributed by atoms with Gasteiger partial charge < -0.3 is 4.90 Å². The van der Waals surface area contributed by atoms with E-state index in [9.17, 15) is 0 Å². The Balaban J connectivity index is 1.30.